The number of oxime groups is 1. The molecule has 4 aliphatic heterocycles. The number of aryl methyl sites for hydroxylation is 2. The fourth-order valence-electron chi connectivity index (χ4n) is 5.71. The monoisotopic (exact) mass is 821 g/mol. The van der Waals surface area contributed by atoms with Gasteiger partial charge in [0.1, 0.15) is 47.0 Å². The number of nitrogens with two attached hydrogens (primary N) is 1. The molecular formula is C26H27N15O7S5. The minimum Gasteiger partial charge on any atom is -0.477 e. The van der Waals surface area contributed by atoms with Crippen molar-refractivity contribution in [2.75, 3.05) is 35.9 Å². The lowest BCUT2D eigenvalue weighted by Gasteiger charge is -2.52. The van der Waals surface area contributed by atoms with Crippen LogP contribution in [0.2, 0.25) is 0 Å². The number of nitrogen functional groups attached to an aromatic ring is 1. The first-order chi connectivity index (χ1) is 25.5. The Morgan fingerprint density at radius 3 is 1.98 bits per heavy atom. The predicted molar refractivity (Wildman–Crippen MR) is 191 cm³/mol. The molecule has 0 aliphatic carbocycles. The van der Waals surface area contributed by atoms with Gasteiger partial charge in [-0.05, 0) is 32.0 Å². The summed E-state index contributed by atoms with van der Waals surface area (Å²) in [7, 11) is 4.58. The van der Waals surface area contributed by atoms with E-state index in [-0.39, 0.29) is 45.2 Å². The molecule has 0 spiro atoms. The first kappa shape index (κ1) is 36.6. The molecule has 22 nitrogen and oxygen atoms in total. The normalized spacial score (nSPS) is 22.6. The van der Waals surface area contributed by atoms with E-state index in [1.54, 1.807) is 14.1 Å². The van der Waals surface area contributed by atoms with Crippen LogP contribution < -0.4 is 16.4 Å². The maximum absolute atomic E-state index is 14.1. The van der Waals surface area contributed by atoms with Gasteiger partial charge in [0.15, 0.2) is 10.8 Å². The van der Waals surface area contributed by atoms with Crippen LogP contribution in [0.5, 0.6) is 0 Å². The first-order valence-corrected chi connectivity index (χ1v) is 20.1. The standard InChI is InChI=1S/C26H27N15O7S5/c1-38-25(31-34-36-38)52-6-9-4-49-21-13(29-17(42)12(33-48-3)11-8-51-24(27)28-11)19(44)40(21)15(9)18(43)30-14-20(45)41-16(23(46)47)10(5-50-22(14)41)7-53-26-32-35-37-39(26)2/h8,13-14,21-22H,4-7H2,1-3H3,(H2,27,28)(H,29,42)(H,30,43)(H,46,47)/b33-12-/t13-,14-,21-,22-/m1/s1. The molecule has 53 heavy (non-hydrogen) atoms. The van der Waals surface area contributed by atoms with Crippen LogP contribution >= 0.6 is 58.4 Å². The highest BCUT2D eigenvalue weighted by Gasteiger charge is 2.57. The third-order valence-corrected chi connectivity index (χ3v) is 13.7. The summed E-state index contributed by atoms with van der Waals surface area (Å²) in [5, 5.41) is 43.4. The lowest BCUT2D eigenvalue weighted by molar-refractivity contribution is -0.151. The maximum Gasteiger partial charge on any atom is 0.352 e. The van der Waals surface area contributed by atoms with Crippen LogP contribution in [0.3, 0.4) is 0 Å². The van der Waals surface area contributed by atoms with Gasteiger partial charge in [-0.2, -0.15) is 0 Å². The Hall–Kier alpha value is -4.73. The summed E-state index contributed by atoms with van der Waals surface area (Å²) in [4.78, 5) is 78.5. The molecule has 2 saturated heterocycles. The van der Waals surface area contributed by atoms with E-state index in [1.807, 2.05) is 0 Å². The number of carbonyl (C=O) groups is 5. The number of β-lactam (4-membered cyclic amide) rings is 2. The molecular weight excluding hydrogens is 795 g/mol. The molecule has 27 heteroatoms. The number of rotatable bonds is 13. The Kier molecular flexibility index (Phi) is 10.3. The topological polar surface area (TPSA) is 284 Å². The van der Waals surface area contributed by atoms with Crippen molar-refractivity contribution in [2.45, 2.75) is 33.1 Å². The number of nitrogens with one attached hydrogen (secondary N) is 2. The van der Waals surface area contributed by atoms with Gasteiger partial charge in [0.05, 0.1) is 0 Å². The number of fused-ring (bicyclic) bond motifs is 2. The van der Waals surface area contributed by atoms with Crippen LogP contribution in [0.25, 0.3) is 0 Å². The number of amides is 4. The Morgan fingerprint density at radius 1 is 0.943 bits per heavy atom. The smallest absolute Gasteiger partial charge is 0.352 e. The average Bonchev–Trinajstić information content (AvgIpc) is 3.89. The fraction of sp³-hybridized carbons (Fsp3) is 0.423. The maximum atomic E-state index is 14.1. The van der Waals surface area contributed by atoms with Crippen molar-refractivity contribution < 1.29 is 33.9 Å². The van der Waals surface area contributed by atoms with Gasteiger partial charge in [0.25, 0.3) is 23.6 Å². The van der Waals surface area contributed by atoms with Crippen molar-refractivity contribution in [3.63, 3.8) is 0 Å². The number of thioether (sulfide) groups is 4. The highest BCUT2D eigenvalue weighted by molar-refractivity contribution is 8.01. The number of tetrazole rings is 2. The number of hydrogen-bond donors (Lipinski definition) is 4. The third-order valence-electron chi connectivity index (χ3n) is 8.16. The van der Waals surface area contributed by atoms with Crippen molar-refractivity contribution in [3.8, 4) is 0 Å². The molecule has 3 aromatic heterocycles. The molecule has 0 radical (unpaired) electrons. The molecule has 0 aromatic carbocycles. The zero-order chi connectivity index (χ0) is 37.6. The van der Waals surface area contributed by atoms with E-state index >= 15 is 0 Å². The van der Waals surface area contributed by atoms with Gasteiger partial charge >= 0.3 is 5.97 Å². The van der Waals surface area contributed by atoms with Gasteiger partial charge in [-0.3, -0.25) is 29.0 Å². The zero-order valence-corrected chi connectivity index (χ0v) is 31.7. The molecule has 278 valence electrons. The van der Waals surface area contributed by atoms with E-state index in [0.29, 0.717) is 27.2 Å². The molecule has 4 aliphatic rings. The number of hydrogen-bond acceptors (Lipinski definition) is 20. The lowest BCUT2D eigenvalue weighted by Crippen LogP contribution is -2.73. The number of anilines is 1. The SMILES string of the molecule is CO/N=C(\C(=O)N[C@@H]1C(=O)N2C(C(=O)N[C@@H]3C(=O)N4C(C(=O)O)=C(CSc5nnnn5C)CS[C@H]34)=C(CSc3nnnn3C)CS[C@H]12)c1csc(N)n1. The number of carboxylic acid groups (broad SMARTS) is 1. The Morgan fingerprint density at radius 2 is 1.49 bits per heavy atom. The summed E-state index contributed by atoms with van der Waals surface area (Å²) < 4.78 is 2.92. The highest BCUT2D eigenvalue weighted by atomic mass is 32.2. The lowest BCUT2D eigenvalue weighted by atomic mass is 10.0. The quantitative estimate of drug-likeness (QED) is 0.0634. The summed E-state index contributed by atoms with van der Waals surface area (Å²) in [5.41, 5.74) is 6.67. The summed E-state index contributed by atoms with van der Waals surface area (Å²) in [6.07, 6.45) is 0. The van der Waals surface area contributed by atoms with Crippen molar-refractivity contribution in [1.82, 2.24) is 65.8 Å². The van der Waals surface area contributed by atoms with Crippen molar-refractivity contribution in [1.29, 1.82) is 0 Å². The summed E-state index contributed by atoms with van der Waals surface area (Å²) >= 11 is 6.24. The van der Waals surface area contributed by atoms with Gasteiger partial charge in [0.2, 0.25) is 10.3 Å². The van der Waals surface area contributed by atoms with Gasteiger partial charge < -0.3 is 26.3 Å². The summed E-state index contributed by atoms with van der Waals surface area (Å²) in [6.45, 7) is 0. The zero-order valence-electron chi connectivity index (χ0n) is 27.6. The van der Waals surface area contributed by atoms with Crippen LogP contribution in [0.15, 0.2) is 43.4 Å². The first-order valence-electron chi connectivity index (χ1n) is 15.2. The highest BCUT2D eigenvalue weighted by Crippen LogP contribution is 2.44. The minimum atomic E-state index is -1.27. The Bertz CT molecular complexity index is 2110. The van der Waals surface area contributed by atoms with E-state index < -0.39 is 52.4 Å². The van der Waals surface area contributed by atoms with E-state index in [2.05, 4.69) is 51.8 Å². The summed E-state index contributed by atoms with van der Waals surface area (Å²) in [6, 6.07) is -2.10. The van der Waals surface area contributed by atoms with E-state index in [9.17, 15) is 29.1 Å². The number of nitrogens with zero attached hydrogens (tertiary/aromatic N) is 12. The molecule has 3 aromatic rings. The number of aliphatic carboxylic acids is 1. The van der Waals surface area contributed by atoms with Crippen LogP contribution in [-0.4, -0.2) is 149 Å². The molecule has 0 unspecified atom stereocenters. The molecule has 5 N–H and O–H groups in total. The fourth-order valence-corrected chi connectivity index (χ4v) is 10.9. The van der Waals surface area contributed by atoms with Gasteiger partial charge in [-0.1, -0.05) is 28.7 Å². The minimum absolute atomic E-state index is 0.0281. The molecule has 0 bridgehead atoms. The third kappa shape index (κ3) is 6.81. The number of carbonyl (C=O) groups excluding carboxylic acids is 4. The second kappa shape index (κ2) is 15.0. The van der Waals surface area contributed by atoms with Crippen molar-refractivity contribution in [3.05, 3.63) is 33.6 Å². The van der Waals surface area contributed by atoms with Gasteiger partial charge in [-0.25, -0.2) is 19.1 Å². The average molecular weight is 822 g/mol. The Labute approximate surface area is 319 Å². The second-order valence-electron chi connectivity index (χ2n) is 11.4. The number of carboxylic acids is 1. The van der Waals surface area contributed by atoms with Crippen LogP contribution in [-0.2, 0) is 42.9 Å². The molecule has 4 atom stereocenters. The number of aromatic nitrogens is 9. The molecule has 2 fully saturated rings. The molecule has 7 rings (SSSR count). The second-order valence-corrected chi connectivity index (χ2v) is 16.4. The molecule has 4 amide bonds. The predicted octanol–water partition coefficient (Wildman–Crippen LogP) is -1.90. The van der Waals surface area contributed by atoms with E-state index in [1.165, 1.54) is 78.7 Å². The van der Waals surface area contributed by atoms with Crippen molar-refractivity contribution >= 4 is 98.8 Å². The Balaban J connectivity index is 1.10. The largest absolute Gasteiger partial charge is 0.477 e. The van der Waals surface area contributed by atoms with Gasteiger partial charge in [0, 0.05) is 42.5 Å². The van der Waals surface area contributed by atoms with Gasteiger partial charge in [-0.15, -0.1) is 45.1 Å². The van der Waals surface area contributed by atoms with Crippen LogP contribution in [0.4, 0.5) is 5.13 Å². The van der Waals surface area contributed by atoms with E-state index in [4.69, 9.17) is 10.6 Å². The van der Waals surface area contributed by atoms with Crippen LogP contribution in [0, 0.1) is 0 Å². The summed E-state index contributed by atoms with van der Waals surface area (Å²) in [5.74, 6) is -2.84. The van der Waals surface area contributed by atoms with Crippen LogP contribution in [0.1, 0.15) is 5.69 Å². The molecule has 7 heterocycles. The number of thiazole rings is 1. The molecule has 0 saturated carbocycles. The van der Waals surface area contributed by atoms with E-state index in [0.717, 1.165) is 11.3 Å². The van der Waals surface area contributed by atoms with Crippen molar-refractivity contribution in [2.24, 2.45) is 19.3 Å².